The molecule has 1 aliphatic heterocycles. The van der Waals surface area contributed by atoms with E-state index < -0.39 is 0 Å². The molecule has 0 bridgehead atoms. The van der Waals surface area contributed by atoms with Gasteiger partial charge in [-0.05, 0) is 19.1 Å². The summed E-state index contributed by atoms with van der Waals surface area (Å²) >= 11 is 0. The number of nitrogens with zero attached hydrogens (tertiary/aromatic N) is 7. The number of anilines is 1. The average molecular weight is 349 g/mol. The van der Waals surface area contributed by atoms with Crippen LogP contribution in [-0.2, 0) is 13.1 Å². The molecule has 0 aliphatic carbocycles. The molecule has 7 heteroatoms. The van der Waals surface area contributed by atoms with Crippen LogP contribution in [0.1, 0.15) is 12.7 Å². The molecule has 1 saturated heterocycles. The van der Waals surface area contributed by atoms with Crippen molar-refractivity contribution in [3.8, 4) is 11.3 Å². The van der Waals surface area contributed by atoms with E-state index in [9.17, 15) is 0 Å². The Morgan fingerprint density at radius 1 is 0.923 bits per heavy atom. The van der Waals surface area contributed by atoms with E-state index in [1.54, 1.807) is 6.33 Å². The molecule has 0 spiro atoms. The summed E-state index contributed by atoms with van der Waals surface area (Å²) in [4.78, 5) is 9.08. The summed E-state index contributed by atoms with van der Waals surface area (Å²) in [6, 6.07) is 14.3. The summed E-state index contributed by atoms with van der Waals surface area (Å²) in [6.07, 6.45) is 1.64. The Hall–Kier alpha value is -2.80. The van der Waals surface area contributed by atoms with Crippen LogP contribution in [0.15, 0.2) is 48.8 Å². The lowest BCUT2D eigenvalue weighted by atomic mass is 10.1. The van der Waals surface area contributed by atoms with Crippen LogP contribution in [0.25, 0.3) is 11.3 Å². The van der Waals surface area contributed by atoms with Crippen molar-refractivity contribution in [2.75, 3.05) is 31.1 Å². The first-order valence-corrected chi connectivity index (χ1v) is 9.06. The van der Waals surface area contributed by atoms with Crippen molar-refractivity contribution >= 4 is 5.82 Å². The largest absolute Gasteiger partial charge is 0.353 e. The zero-order valence-electron chi connectivity index (χ0n) is 15.0. The Labute approximate surface area is 153 Å². The maximum atomic E-state index is 4.44. The topological polar surface area (TPSA) is 63.0 Å². The monoisotopic (exact) mass is 349 g/mol. The third kappa shape index (κ3) is 3.57. The van der Waals surface area contributed by atoms with Crippen LogP contribution in [0, 0.1) is 0 Å². The molecule has 1 aliphatic rings. The van der Waals surface area contributed by atoms with Crippen molar-refractivity contribution < 1.29 is 0 Å². The maximum Gasteiger partial charge on any atom is 0.151 e. The number of hydrogen-bond donors (Lipinski definition) is 0. The summed E-state index contributed by atoms with van der Waals surface area (Å²) < 4.78 is 1.96. The van der Waals surface area contributed by atoms with Gasteiger partial charge >= 0.3 is 0 Å². The number of aryl methyl sites for hydroxylation is 1. The lowest BCUT2D eigenvalue weighted by Crippen LogP contribution is -2.46. The first-order chi connectivity index (χ1) is 12.8. The highest BCUT2D eigenvalue weighted by molar-refractivity contribution is 5.59. The van der Waals surface area contributed by atoms with Gasteiger partial charge in [0, 0.05) is 38.3 Å². The van der Waals surface area contributed by atoms with Gasteiger partial charge in [-0.2, -0.15) is 5.10 Å². The van der Waals surface area contributed by atoms with Gasteiger partial charge in [0.2, 0.25) is 0 Å². The second-order valence-corrected chi connectivity index (χ2v) is 6.40. The van der Waals surface area contributed by atoms with Crippen LogP contribution in [0.3, 0.4) is 0 Å². The molecule has 0 atom stereocenters. The average Bonchev–Trinajstić information content (AvgIpc) is 3.16. The fraction of sp³-hybridized carbons (Fsp3) is 0.368. The summed E-state index contributed by atoms with van der Waals surface area (Å²) in [5.74, 6) is 1.98. The van der Waals surface area contributed by atoms with Gasteiger partial charge in [-0.1, -0.05) is 30.3 Å². The molecule has 0 radical (unpaired) electrons. The highest BCUT2D eigenvalue weighted by atomic mass is 15.4. The van der Waals surface area contributed by atoms with Crippen LogP contribution in [0.5, 0.6) is 0 Å². The van der Waals surface area contributed by atoms with Crippen molar-refractivity contribution in [3.63, 3.8) is 0 Å². The minimum Gasteiger partial charge on any atom is -0.353 e. The molecule has 0 saturated carbocycles. The van der Waals surface area contributed by atoms with Crippen molar-refractivity contribution in [3.05, 3.63) is 54.6 Å². The van der Waals surface area contributed by atoms with E-state index in [-0.39, 0.29) is 0 Å². The first-order valence-electron chi connectivity index (χ1n) is 9.06. The van der Waals surface area contributed by atoms with Crippen molar-refractivity contribution in [1.29, 1.82) is 0 Å². The lowest BCUT2D eigenvalue weighted by molar-refractivity contribution is 0.239. The number of benzene rings is 1. The van der Waals surface area contributed by atoms with Gasteiger partial charge in [0.15, 0.2) is 5.82 Å². The third-order valence-electron chi connectivity index (χ3n) is 4.78. The predicted molar refractivity (Wildman–Crippen MR) is 101 cm³/mol. The van der Waals surface area contributed by atoms with E-state index in [1.807, 2.05) is 28.9 Å². The van der Waals surface area contributed by atoms with Gasteiger partial charge in [0.05, 0.1) is 12.2 Å². The molecule has 0 N–H and O–H groups in total. The Balaban J connectivity index is 1.36. The number of aromatic nitrogens is 5. The minimum absolute atomic E-state index is 0.848. The predicted octanol–water partition coefficient (Wildman–Crippen LogP) is 2.08. The second kappa shape index (κ2) is 7.61. The number of piperazine rings is 1. The van der Waals surface area contributed by atoms with Gasteiger partial charge in [-0.15, -0.1) is 10.2 Å². The highest BCUT2D eigenvalue weighted by Gasteiger charge is 2.20. The maximum absolute atomic E-state index is 4.44. The zero-order chi connectivity index (χ0) is 17.8. The standard InChI is InChI=1S/C19H23N7/c1-2-26-19(20-15-21-26)14-24-10-12-25(13-11-24)18-9-8-17(22-23-18)16-6-4-3-5-7-16/h3-9,15H,2,10-14H2,1H3. The molecule has 2 aromatic heterocycles. The SMILES string of the molecule is CCn1ncnc1CN1CCN(c2ccc(-c3ccccc3)nn2)CC1. The quantitative estimate of drug-likeness (QED) is 0.703. The molecule has 3 aromatic rings. The number of rotatable bonds is 5. The van der Waals surface area contributed by atoms with Crippen LogP contribution in [-0.4, -0.2) is 56.0 Å². The van der Waals surface area contributed by atoms with Gasteiger partial charge < -0.3 is 4.90 Å². The van der Waals surface area contributed by atoms with Crippen molar-refractivity contribution in [2.24, 2.45) is 0 Å². The summed E-state index contributed by atoms with van der Waals surface area (Å²) in [5, 5.41) is 13.1. The van der Waals surface area contributed by atoms with E-state index in [0.717, 1.165) is 62.2 Å². The Morgan fingerprint density at radius 2 is 1.73 bits per heavy atom. The van der Waals surface area contributed by atoms with Crippen LogP contribution >= 0.6 is 0 Å². The molecule has 1 fully saturated rings. The normalized spacial score (nSPS) is 15.3. The smallest absolute Gasteiger partial charge is 0.151 e. The molecule has 0 unspecified atom stereocenters. The van der Waals surface area contributed by atoms with E-state index in [1.165, 1.54) is 0 Å². The molecular formula is C19H23N7. The molecule has 4 rings (SSSR count). The molecular weight excluding hydrogens is 326 g/mol. The van der Waals surface area contributed by atoms with E-state index in [2.05, 4.69) is 55.2 Å². The van der Waals surface area contributed by atoms with Crippen LogP contribution < -0.4 is 4.90 Å². The molecule has 0 amide bonds. The van der Waals surface area contributed by atoms with E-state index in [0.29, 0.717) is 0 Å². The zero-order valence-corrected chi connectivity index (χ0v) is 15.0. The van der Waals surface area contributed by atoms with Crippen LogP contribution in [0.2, 0.25) is 0 Å². The van der Waals surface area contributed by atoms with Crippen molar-refractivity contribution in [2.45, 2.75) is 20.0 Å². The van der Waals surface area contributed by atoms with Gasteiger partial charge in [-0.3, -0.25) is 4.90 Å². The van der Waals surface area contributed by atoms with Gasteiger partial charge in [0.1, 0.15) is 12.2 Å². The first kappa shape index (κ1) is 16.7. The molecule has 26 heavy (non-hydrogen) atoms. The second-order valence-electron chi connectivity index (χ2n) is 6.40. The van der Waals surface area contributed by atoms with Gasteiger partial charge in [-0.25, -0.2) is 9.67 Å². The highest BCUT2D eigenvalue weighted by Crippen LogP contribution is 2.19. The fourth-order valence-corrected chi connectivity index (χ4v) is 3.27. The number of hydrogen-bond acceptors (Lipinski definition) is 6. The molecule has 7 nitrogen and oxygen atoms in total. The molecule has 1 aromatic carbocycles. The summed E-state index contributed by atoms with van der Waals surface area (Å²) in [6.45, 7) is 7.66. The molecule has 3 heterocycles. The Bertz CT molecular complexity index is 821. The summed E-state index contributed by atoms with van der Waals surface area (Å²) in [5.41, 5.74) is 2.00. The Morgan fingerprint density at radius 3 is 2.42 bits per heavy atom. The van der Waals surface area contributed by atoms with Crippen molar-refractivity contribution in [1.82, 2.24) is 29.9 Å². The summed E-state index contributed by atoms with van der Waals surface area (Å²) in [7, 11) is 0. The lowest BCUT2D eigenvalue weighted by Gasteiger charge is -2.34. The van der Waals surface area contributed by atoms with Crippen LogP contribution in [0.4, 0.5) is 5.82 Å². The fourth-order valence-electron chi connectivity index (χ4n) is 3.27. The minimum atomic E-state index is 0.848. The van der Waals surface area contributed by atoms with Gasteiger partial charge in [0.25, 0.3) is 0 Å². The van der Waals surface area contributed by atoms with E-state index >= 15 is 0 Å². The van der Waals surface area contributed by atoms with E-state index in [4.69, 9.17) is 0 Å². The Kier molecular flexibility index (Phi) is 4.88. The molecule has 134 valence electrons. The third-order valence-corrected chi connectivity index (χ3v) is 4.78.